The molecule has 10 heteroatoms. The smallest absolute Gasteiger partial charge is 0.320 e. The van der Waals surface area contributed by atoms with Crippen LogP contribution < -0.4 is 21.3 Å². The summed E-state index contributed by atoms with van der Waals surface area (Å²) < 4.78 is 0. The Morgan fingerprint density at radius 3 is 2.59 bits per heavy atom. The first-order valence-electron chi connectivity index (χ1n) is 8.70. The predicted octanol–water partition coefficient (Wildman–Crippen LogP) is 3.66. The highest BCUT2D eigenvalue weighted by Gasteiger charge is 2.15. The lowest BCUT2D eigenvalue weighted by Gasteiger charge is -2.14. The fraction of sp³-hybridized carbons (Fsp3) is 0.105. The summed E-state index contributed by atoms with van der Waals surface area (Å²) in [6.07, 6.45) is 6.08. The van der Waals surface area contributed by atoms with Gasteiger partial charge in [0.15, 0.2) is 0 Å². The Kier molecular flexibility index (Phi) is 6.54. The third kappa shape index (κ3) is 5.63. The van der Waals surface area contributed by atoms with E-state index in [1.807, 2.05) is 0 Å². The standard InChI is InChI=1S/C19H18ClN7O2/c1-2-22-19(29)27-17-8-15(25-12-4-3-7-21-9-12)14(11-24-17)18(28)26-13-5-6-16(20)23-10-13/h3-11H,2H2,1H3,(H,26,28)(H3,22,24,25,27,29). The number of amides is 3. The molecule has 0 spiro atoms. The van der Waals surface area contributed by atoms with Crippen LogP contribution in [0.5, 0.6) is 0 Å². The molecule has 0 aliphatic carbocycles. The quantitative estimate of drug-likeness (QED) is 0.459. The number of hydrogen-bond acceptors (Lipinski definition) is 6. The lowest BCUT2D eigenvalue weighted by Crippen LogP contribution is -2.28. The largest absolute Gasteiger partial charge is 0.353 e. The third-order valence-electron chi connectivity index (χ3n) is 3.65. The Hall–Kier alpha value is -3.72. The molecule has 0 atom stereocenters. The summed E-state index contributed by atoms with van der Waals surface area (Å²) in [4.78, 5) is 36.7. The number of hydrogen-bond donors (Lipinski definition) is 4. The fourth-order valence-corrected chi connectivity index (χ4v) is 2.48. The SMILES string of the molecule is CCNC(=O)Nc1cc(Nc2cccnc2)c(C(=O)Nc2ccc(Cl)nc2)cn1. The number of anilines is 4. The van der Waals surface area contributed by atoms with Gasteiger partial charge in [0, 0.05) is 25.0 Å². The Labute approximate surface area is 171 Å². The topological polar surface area (TPSA) is 121 Å². The van der Waals surface area contributed by atoms with E-state index in [1.54, 1.807) is 49.6 Å². The Morgan fingerprint density at radius 2 is 1.90 bits per heavy atom. The zero-order valence-electron chi connectivity index (χ0n) is 15.4. The van der Waals surface area contributed by atoms with Gasteiger partial charge in [-0.2, -0.15) is 0 Å². The Bertz CT molecular complexity index is 997. The van der Waals surface area contributed by atoms with Gasteiger partial charge in [-0.05, 0) is 31.2 Å². The van der Waals surface area contributed by atoms with Crippen molar-refractivity contribution in [2.75, 3.05) is 22.5 Å². The molecule has 148 valence electrons. The van der Waals surface area contributed by atoms with Crippen molar-refractivity contribution in [1.82, 2.24) is 20.3 Å². The van der Waals surface area contributed by atoms with Gasteiger partial charge < -0.3 is 16.0 Å². The molecule has 0 bridgehead atoms. The van der Waals surface area contributed by atoms with Crippen LogP contribution >= 0.6 is 11.6 Å². The number of urea groups is 1. The molecule has 0 fully saturated rings. The van der Waals surface area contributed by atoms with Crippen molar-refractivity contribution in [2.24, 2.45) is 0 Å². The molecule has 0 saturated carbocycles. The average molecular weight is 412 g/mol. The highest BCUT2D eigenvalue weighted by Crippen LogP contribution is 2.24. The molecular weight excluding hydrogens is 394 g/mol. The third-order valence-corrected chi connectivity index (χ3v) is 3.88. The fourth-order valence-electron chi connectivity index (χ4n) is 2.37. The molecule has 4 N–H and O–H groups in total. The number of pyridine rings is 3. The van der Waals surface area contributed by atoms with Crippen LogP contribution in [-0.2, 0) is 0 Å². The van der Waals surface area contributed by atoms with E-state index in [-0.39, 0.29) is 11.4 Å². The summed E-state index contributed by atoms with van der Waals surface area (Å²) in [6, 6.07) is 7.95. The van der Waals surface area contributed by atoms with Crippen LogP contribution in [0, 0.1) is 0 Å². The highest BCUT2D eigenvalue weighted by molar-refractivity contribution is 6.29. The molecule has 3 aromatic rings. The van der Waals surface area contributed by atoms with Crippen LogP contribution in [-0.4, -0.2) is 33.4 Å². The number of nitrogens with zero attached hydrogens (tertiary/aromatic N) is 3. The van der Waals surface area contributed by atoms with Gasteiger partial charge in [-0.3, -0.25) is 15.1 Å². The first-order chi connectivity index (χ1) is 14.0. The normalized spacial score (nSPS) is 10.1. The Balaban J connectivity index is 1.88. The predicted molar refractivity (Wildman–Crippen MR) is 112 cm³/mol. The van der Waals surface area contributed by atoms with Crippen LogP contribution in [0.25, 0.3) is 0 Å². The van der Waals surface area contributed by atoms with Gasteiger partial charge in [-0.1, -0.05) is 11.6 Å². The van der Waals surface area contributed by atoms with Crippen LogP contribution in [0.15, 0.2) is 55.1 Å². The molecule has 0 radical (unpaired) electrons. The van der Waals surface area contributed by atoms with E-state index in [1.165, 1.54) is 12.4 Å². The number of nitrogens with one attached hydrogen (secondary N) is 4. The first-order valence-corrected chi connectivity index (χ1v) is 9.08. The average Bonchev–Trinajstić information content (AvgIpc) is 2.71. The molecule has 9 nitrogen and oxygen atoms in total. The van der Waals surface area contributed by atoms with Gasteiger partial charge in [0.25, 0.3) is 5.91 Å². The minimum absolute atomic E-state index is 0.269. The minimum atomic E-state index is -0.405. The van der Waals surface area contributed by atoms with Crippen molar-refractivity contribution in [2.45, 2.75) is 6.92 Å². The van der Waals surface area contributed by atoms with Crippen LogP contribution in [0.1, 0.15) is 17.3 Å². The van der Waals surface area contributed by atoms with Crippen molar-refractivity contribution < 1.29 is 9.59 Å². The maximum Gasteiger partial charge on any atom is 0.320 e. The molecule has 0 aliphatic heterocycles. The van der Waals surface area contributed by atoms with E-state index in [0.29, 0.717) is 28.8 Å². The van der Waals surface area contributed by atoms with Gasteiger partial charge in [0.1, 0.15) is 11.0 Å². The maximum absolute atomic E-state index is 12.8. The number of carbonyl (C=O) groups is 2. The van der Waals surface area contributed by atoms with Crippen molar-refractivity contribution in [3.63, 3.8) is 0 Å². The molecule has 0 saturated heterocycles. The monoisotopic (exact) mass is 411 g/mol. The number of halogens is 1. The van der Waals surface area contributed by atoms with Crippen molar-refractivity contribution in [1.29, 1.82) is 0 Å². The van der Waals surface area contributed by atoms with Gasteiger partial charge in [0.05, 0.1) is 35.0 Å². The van der Waals surface area contributed by atoms with Crippen molar-refractivity contribution in [3.05, 3.63) is 65.8 Å². The summed E-state index contributed by atoms with van der Waals surface area (Å²) in [7, 11) is 0. The lowest BCUT2D eigenvalue weighted by molar-refractivity contribution is 0.102. The molecule has 3 rings (SSSR count). The van der Waals surface area contributed by atoms with Gasteiger partial charge in [0.2, 0.25) is 0 Å². The van der Waals surface area contributed by atoms with Gasteiger partial charge >= 0.3 is 6.03 Å². The molecule has 0 unspecified atom stereocenters. The maximum atomic E-state index is 12.8. The molecule has 29 heavy (non-hydrogen) atoms. The molecule has 0 aliphatic rings. The van der Waals surface area contributed by atoms with Gasteiger partial charge in [-0.15, -0.1) is 0 Å². The van der Waals surface area contributed by atoms with E-state index in [9.17, 15) is 9.59 Å². The highest BCUT2D eigenvalue weighted by atomic mass is 35.5. The molecule has 0 aromatic carbocycles. The van der Waals surface area contributed by atoms with E-state index < -0.39 is 11.9 Å². The second kappa shape index (κ2) is 9.47. The summed E-state index contributed by atoms with van der Waals surface area (Å²) in [5.41, 5.74) is 1.87. The van der Waals surface area contributed by atoms with Crippen molar-refractivity contribution >= 4 is 46.4 Å². The molecule has 3 heterocycles. The van der Waals surface area contributed by atoms with E-state index in [4.69, 9.17) is 11.6 Å². The molecule has 3 aromatic heterocycles. The summed E-state index contributed by atoms with van der Waals surface area (Å²) in [6.45, 7) is 2.28. The number of carbonyl (C=O) groups excluding carboxylic acids is 2. The molecular formula is C19H18ClN7O2. The van der Waals surface area contributed by atoms with Crippen LogP contribution in [0.3, 0.4) is 0 Å². The van der Waals surface area contributed by atoms with Gasteiger partial charge in [-0.25, -0.2) is 14.8 Å². The minimum Gasteiger partial charge on any atom is -0.353 e. The number of aromatic nitrogens is 3. The summed E-state index contributed by atoms with van der Waals surface area (Å²) >= 11 is 5.77. The molecule has 3 amide bonds. The van der Waals surface area contributed by atoms with E-state index >= 15 is 0 Å². The first kappa shape index (κ1) is 20.0. The van der Waals surface area contributed by atoms with Crippen LogP contribution in [0.4, 0.5) is 27.7 Å². The Morgan fingerprint density at radius 1 is 1.03 bits per heavy atom. The second-order valence-corrected chi connectivity index (χ2v) is 6.18. The number of rotatable bonds is 6. The second-order valence-electron chi connectivity index (χ2n) is 5.79. The van der Waals surface area contributed by atoms with E-state index in [0.717, 1.165) is 0 Å². The van der Waals surface area contributed by atoms with E-state index in [2.05, 4.69) is 36.2 Å². The summed E-state index contributed by atoms with van der Waals surface area (Å²) in [5, 5.41) is 11.4. The van der Waals surface area contributed by atoms with Crippen LogP contribution in [0.2, 0.25) is 5.15 Å². The lowest BCUT2D eigenvalue weighted by atomic mass is 10.2. The zero-order chi connectivity index (χ0) is 20.6. The summed E-state index contributed by atoms with van der Waals surface area (Å²) in [5.74, 6) is -0.121. The van der Waals surface area contributed by atoms with Crippen molar-refractivity contribution in [3.8, 4) is 0 Å². The zero-order valence-corrected chi connectivity index (χ0v) is 16.2.